The van der Waals surface area contributed by atoms with Crippen LogP contribution in [0.25, 0.3) is 0 Å². The molecule has 0 saturated carbocycles. The zero-order valence-corrected chi connectivity index (χ0v) is 19.2. The number of aliphatic hydroxyl groups is 2. The van der Waals surface area contributed by atoms with Gasteiger partial charge in [0.15, 0.2) is 0 Å². The predicted molar refractivity (Wildman–Crippen MR) is 125 cm³/mol. The Bertz CT molecular complexity index is 1050. The van der Waals surface area contributed by atoms with Gasteiger partial charge < -0.3 is 15.1 Å². The van der Waals surface area contributed by atoms with Crippen molar-refractivity contribution >= 4 is 5.91 Å². The number of benzene rings is 2. The molecule has 0 bridgehead atoms. The fourth-order valence-corrected chi connectivity index (χ4v) is 4.94. The fraction of sp³-hybridized carbons (Fsp3) is 0.444. The maximum atomic E-state index is 13.7. The maximum absolute atomic E-state index is 13.7. The number of amides is 1. The summed E-state index contributed by atoms with van der Waals surface area (Å²) >= 11 is 0. The van der Waals surface area contributed by atoms with Crippen LogP contribution in [0.15, 0.2) is 48.5 Å². The van der Waals surface area contributed by atoms with Gasteiger partial charge in [-0.1, -0.05) is 30.0 Å². The molecule has 6 heteroatoms. The third kappa shape index (κ3) is 5.27. The van der Waals surface area contributed by atoms with E-state index in [0.29, 0.717) is 18.7 Å². The van der Waals surface area contributed by atoms with Crippen LogP contribution < -0.4 is 0 Å². The first-order chi connectivity index (χ1) is 15.8. The van der Waals surface area contributed by atoms with Crippen molar-refractivity contribution in [2.24, 2.45) is 0 Å². The van der Waals surface area contributed by atoms with Crippen LogP contribution in [-0.2, 0) is 0 Å². The Morgan fingerprint density at radius 3 is 2.55 bits per heavy atom. The fourth-order valence-electron chi connectivity index (χ4n) is 4.94. The zero-order chi connectivity index (χ0) is 23.6. The molecule has 0 aromatic heterocycles. The molecule has 2 fully saturated rings. The van der Waals surface area contributed by atoms with Crippen molar-refractivity contribution in [3.05, 3.63) is 71.0 Å². The van der Waals surface area contributed by atoms with Gasteiger partial charge in [-0.25, -0.2) is 4.39 Å². The number of rotatable bonds is 3. The van der Waals surface area contributed by atoms with Gasteiger partial charge in [-0.3, -0.25) is 9.69 Å². The average molecular weight is 451 g/mol. The number of halogens is 1. The Morgan fingerprint density at radius 1 is 1.15 bits per heavy atom. The first-order valence-electron chi connectivity index (χ1n) is 11.5. The molecule has 1 amide bonds. The van der Waals surface area contributed by atoms with Crippen molar-refractivity contribution in [3.8, 4) is 11.8 Å². The van der Waals surface area contributed by atoms with E-state index in [1.807, 2.05) is 29.2 Å². The molecule has 33 heavy (non-hydrogen) atoms. The van der Waals surface area contributed by atoms with Crippen LogP contribution in [0.3, 0.4) is 0 Å². The van der Waals surface area contributed by atoms with E-state index in [4.69, 9.17) is 0 Å². The van der Waals surface area contributed by atoms with E-state index in [1.54, 1.807) is 26.0 Å². The second kappa shape index (κ2) is 9.64. The van der Waals surface area contributed by atoms with Gasteiger partial charge in [-0.2, -0.15) is 0 Å². The molecule has 174 valence electrons. The number of hydrogen-bond donors (Lipinski definition) is 2. The lowest BCUT2D eigenvalue weighted by molar-refractivity contribution is -0.0606. The monoisotopic (exact) mass is 450 g/mol. The van der Waals surface area contributed by atoms with Crippen LogP contribution in [0.1, 0.15) is 54.1 Å². The van der Waals surface area contributed by atoms with Gasteiger partial charge in [0.25, 0.3) is 5.91 Å². The molecular formula is C27H31FN2O3. The van der Waals surface area contributed by atoms with E-state index in [2.05, 4.69) is 16.7 Å². The number of carbonyl (C=O) groups excluding carboxylic acids is 1. The molecular weight excluding hydrogens is 419 g/mol. The highest BCUT2D eigenvalue weighted by Gasteiger charge is 2.49. The van der Waals surface area contributed by atoms with Gasteiger partial charge in [0.2, 0.25) is 0 Å². The van der Waals surface area contributed by atoms with E-state index in [9.17, 15) is 19.4 Å². The lowest BCUT2D eigenvalue weighted by Gasteiger charge is -2.57. The number of nitrogens with zero attached hydrogens (tertiary/aromatic N) is 2. The summed E-state index contributed by atoms with van der Waals surface area (Å²) in [6.07, 6.45) is 1.82. The van der Waals surface area contributed by atoms with Crippen molar-refractivity contribution in [1.29, 1.82) is 0 Å². The smallest absolute Gasteiger partial charge is 0.254 e. The molecule has 2 aromatic rings. The van der Waals surface area contributed by atoms with Gasteiger partial charge in [0.1, 0.15) is 11.4 Å². The molecule has 0 unspecified atom stereocenters. The predicted octanol–water partition coefficient (Wildman–Crippen LogP) is 3.01. The molecule has 2 N–H and O–H groups in total. The minimum atomic E-state index is -1.05. The summed E-state index contributed by atoms with van der Waals surface area (Å²) < 4.78 is 13.7. The van der Waals surface area contributed by atoms with E-state index in [1.165, 1.54) is 12.1 Å². The highest BCUT2D eigenvalue weighted by Crippen LogP contribution is 2.42. The molecule has 0 radical (unpaired) electrons. The molecule has 0 spiro atoms. The molecule has 2 aliphatic rings. The second-order valence-electron chi connectivity index (χ2n) is 9.48. The maximum Gasteiger partial charge on any atom is 0.254 e. The van der Waals surface area contributed by atoms with Crippen molar-refractivity contribution in [2.75, 3.05) is 26.2 Å². The highest BCUT2D eigenvalue weighted by atomic mass is 19.1. The SMILES string of the molecule is CC(C)(O)C#Cc1ccc([C@H]2[C@H]3CN(C(=O)c4cccc(F)c4)CCCCN3[C@H]2CO)cc1. The first-order valence-corrected chi connectivity index (χ1v) is 11.5. The minimum absolute atomic E-state index is 0.00697. The van der Waals surface area contributed by atoms with Gasteiger partial charge in [-0.15, -0.1) is 0 Å². The Labute approximate surface area is 194 Å². The molecule has 5 nitrogen and oxygen atoms in total. The summed E-state index contributed by atoms with van der Waals surface area (Å²) in [5.74, 6) is 5.33. The summed E-state index contributed by atoms with van der Waals surface area (Å²) in [5, 5.41) is 19.9. The summed E-state index contributed by atoms with van der Waals surface area (Å²) in [6.45, 7) is 5.42. The Kier molecular flexibility index (Phi) is 6.85. The van der Waals surface area contributed by atoms with E-state index in [-0.39, 0.29) is 30.5 Å². The van der Waals surface area contributed by atoms with Crippen LogP contribution in [0.5, 0.6) is 0 Å². The summed E-state index contributed by atoms with van der Waals surface area (Å²) in [6, 6.07) is 13.9. The topological polar surface area (TPSA) is 64.0 Å². The molecule has 2 heterocycles. The standard InChI is InChI=1S/C27H31FN2O3/c1-27(2,33)13-12-19-8-10-20(11-9-19)25-23-17-29(14-3-4-15-30(23)24(25)18-31)26(32)21-6-5-7-22(28)16-21/h5-11,16,23-25,31,33H,3-4,14-15,17-18H2,1-2H3/t23-,24+,25+/m1/s1. The lowest BCUT2D eigenvalue weighted by Crippen LogP contribution is -2.67. The van der Waals surface area contributed by atoms with E-state index < -0.39 is 11.4 Å². The molecule has 3 atom stereocenters. The van der Waals surface area contributed by atoms with Crippen LogP contribution in [0, 0.1) is 17.7 Å². The number of aliphatic hydroxyl groups excluding tert-OH is 1. The van der Waals surface area contributed by atoms with Crippen LogP contribution >= 0.6 is 0 Å². The summed E-state index contributed by atoms with van der Waals surface area (Å²) in [4.78, 5) is 17.3. The van der Waals surface area contributed by atoms with Crippen molar-refractivity contribution in [1.82, 2.24) is 9.80 Å². The lowest BCUT2D eigenvalue weighted by atomic mass is 9.74. The Hall–Kier alpha value is -2.72. The van der Waals surface area contributed by atoms with Crippen molar-refractivity contribution in [2.45, 2.75) is 50.3 Å². The van der Waals surface area contributed by atoms with Gasteiger partial charge in [0.05, 0.1) is 6.61 Å². The molecule has 4 rings (SSSR count). The molecule has 0 aliphatic carbocycles. The normalized spacial score (nSPS) is 23.4. The third-order valence-corrected chi connectivity index (χ3v) is 6.54. The summed E-state index contributed by atoms with van der Waals surface area (Å²) in [7, 11) is 0. The zero-order valence-electron chi connectivity index (χ0n) is 19.2. The van der Waals surface area contributed by atoms with Gasteiger partial charge in [-0.05, 0) is 69.1 Å². The Balaban J connectivity index is 1.56. The molecule has 2 aromatic carbocycles. The summed E-state index contributed by atoms with van der Waals surface area (Å²) in [5.41, 5.74) is 1.23. The largest absolute Gasteiger partial charge is 0.395 e. The molecule has 2 saturated heterocycles. The highest BCUT2D eigenvalue weighted by molar-refractivity contribution is 5.94. The van der Waals surface area contributed by atoms with Crippen LogP contribution in [-0.4, -0.2) is 69.8 Å². The van der Waals surface area contributed by atoms with E-state index >= 15 is 0 Å². The number of fused-ring (bicyclic) bond motifs is 1. The van der Waals surface area contributed by atoms with Crippen molar-refractivity contribution in [3.63, 3.8) is 0 Å². The third-order valence-electron chi connectivity index (χ3n) is 6.54. The van der Waals surface area contributed by atoms with Crippen LogP contribution in [0.4, 0.5) is 4.39 Å². The number of hydrogen-bond acceptors (Lipinski definition) is 4. The van der Waals surface area contributed by atoms with Crippen molar-refractivity contribution < 1.29 is 19.4 Å². The average Bonchev–Trinajstić information content (AvgIpc) is 2.76. The van der Waals surface area contributed by atoms with Gasteiger partial charge >= 0.3 is 0 Å². The molecule has 2 aliphatic heterocycles. The van der Waals surface area contributed by atoms with Crippen LogP contribution in [0.2, 0.25) is 0 Å². The Morgan fingerprint density at radius 2 is 1.88 bits per heavy atom. The minimum Gasteiger partial charge on any atom is -0.395 e. The van der Waals surface area contributed by atoms with Gasteiger partial charge in [0, 0.05) is 42.2 Å². The quantitative estimate of drug-likeness (QED) is 0.706. The number of carbonyl (C=O) groups is 1. The van der Waals surface area contributed by atoms with E-state index in [0.717, 1.165) is 30.5 Å². The first kappa shape index (κ1) is 23.4. The second-order valence-corrected chi connectivity index (χ2v) is 9.48.